The Balaban J connectivity index is 2.10. The number of piperidine rings is 1. The van der Waals surface area contributed by atoms with Crippen molar-refractivity contribution in [1.82, 2.24) is 10.6 Å². The number of carbonyl (C=O) groups excluding carboxylic acids is 1. The Morgan fingerprint density at radius 3 is 2.95 bits per heavy atom. The zero-order valence-electron chi connectivity index (χ0n) is 12.3. The first-order chi connectivity index (χ1) is 9.76. The van der Waals surface area contributed by atoms with Crippen molar-refractivity contribution in [2.75, 3.05) is 19.7 Å². The van der Waals surface area contributed by atoms with Crippen LogP contribution >= 0.6 is 0 Å². The Bertz CT molecular complexity index is 448. The predicted octanol–water partition coefficient (Wildman–Crippen LogP) is 2.06. The summed E-state index contributed by atoms with van der Waals surface area (Å²) in [7, 11) is 0. The van der Waals surface area contributed by atoms with E-state index in [0.717, 1.165) is 25.1 Å². The van der Waals surface area contributed by atoms with Crippen LogP contribution in [0.2, 0.25) is 0 Å². The summed E-state index contributed by atoms with van der Waals surface area (Å²) < 4.78 is 5.71. The summed E-state index contributed by atoms with van der Waals surface area (Å²) in [5, 5.41) is 6.20. The van der Waals surface area contributed by atoms with E-state index in [1.54, 1.807) is 0 Å². The summed E-state index contributed by atoms with van der Waals surface area (Å²) >= 11 is 0. The van der Waals surface area contributed by atoms with Gasteiger partial charge in [-0.25, -0.2) is 0 Å². The van der Waals surface area contributed by atoms with Crippen molar-refractivity contribution in [3.63, 3.8) is 0 Å². The maximum atomic E-state index is 12.0. The van der Waals surface area contributed by atoms with E-state index in [-0.39, 0.29) is 11.9 Å². The molecular weight excluding hydrogens is 252 g/mol. The highest BCUT2D eigenvalue weighted by Crippen LogP contribution is 2.34. The molecule has 0 spiro atoms. The van der Waals surface area contributed by atoms with Crippen LogP contribution < -0.4 is 15.4 Å². The highest BCUT2D eigenvalue weighted by Gasteiger charge is 2.28. The topological polar surface area (TPSA) is 50.4 Å². The minimum Gasteiger partial charge on any atom is -0.494 e. The van der Waals surface area contributed by atoms with Crippen molar-refractivity contribution < 1.29 is 9.53 Å². The number of ether oxygens (including phenoxy) is 1. The van der Waals surface area contributed by atoms with Crippen molar-refractivity contribution in [2.24, 2.45) is 0 Å². The standard InChI is InChI=1S/C16H24N2O2/c1-3-17-16(19)14-11-12(9-10-18-14)13-7-5-6-8-15(13)20-4-2/h5-8,12,14,18H,3-4,9-11H2,1-2H3,(H,17,19). The summed E-state index contributed by atoms with van der Waals surface area (Å²) in [4.78, 5) is 12.0. The molecule has 110 valence electrons. The second-order valence-corrected chi connectivity index (χ2v) is 5.09. The van der Waals surface area contributed by atoms with Gasteiger partial charge in [-0.05, 0) is 50.8 Å². The largest absolute Gasteiger partial charge is 0.494 e. The Hall–Kier alpha value is -1.55. The molecule has 1 saturated heterocycles. The molecule has 4 heteroatoms. The smallest absolute Gasteiger partial charge is 0.237 e. The molecule has 2 unspecified atom stereocenters. The van der Waals surface area contributed by atoms with E-state index in [9.17, 15) is 4.79 Å². The monoisotopic (exact) mass is 276 g/mol. The van der Waals surface area contributed by atoms with E-state index in [4.69, 9.17) is 4.74 Å². The van der Waals surface area contributed by atoms with E-state index >= 15 is 0 Å². The first-order valence-electron chi connectivity index (χ1n) is 7.49. The SMILES string of the molecule is CCNC(=O)C1CC(c2ccccc2OCC)CCN1. The molecule has 0 bridgehead atoms. The summed E-state index contributed by atoms with van der Waals surface area (Å²) in [5.41, 5.74) is 1.23. The zero-order valence-corrected chi connectivity index (χ0v) is 12.3. The first-order valence-corrected chi connectivity index (χ1v) is 7.49. The average molecular weight is 276 g/mol. The quantitative estimate of drug-likeness (QED) is 0.865. The van der Waals surface area contributed by atoms with Crippen molar-refractivity contribution >= 4 is 5.91 Å². The fourth-order valence-corrected chi connectivity index (χ4v) is 2.80. The molecule has 4 nitrogen and oxygen atoms in total. The lowest BCUT2D eigenvalue weighted by molar-refractivity contribution is -0.123. The van der Waals surface area contributed by atoms with Crippen LogP contribution in [0.1, 0.15) is 38.2 Å². The molecule has 1 aromatic carbocycles. The lowest BCUT2D eigenvalue weighted by atomic mass is 9.85. The van der Waals surface area contributed by atoms with E-state index in [0.29, 0.717) is 19.1 Å². The van der Waals surface area contributed by atoms with Gasteiger partial charge in [-0.15, -0.1) is 0 Å². The molecule has 0 aliphatic carbocycles. The van der Waals surface area contributed by atoms with Crippen LogP contribution in [0.5, 0.6) is 5.75 Å². The molecule has 20 heavy (non-hydrogen) atoms. The third-order valence-electron chi connectivity index (χ3n) is 3.73. The van der Waals surface area contributed by atoms with Crippen LogP contribution in [-0.2, 0) is 4.79 Å². The van der Waals surface area contributed by atoms with Crippen LogP contribution in [0, 0.1) is 0 Å². The van der Waals surface area contributed by atoms with Gasteiger partial charge in [-0.3, -0.25) is 4.79 Å². The number of hydrogen-bond acceptors (Lipinski definition) is 3. The minimum absolute atomic E-state index is 0.0941. The molecule has 1 fully saturated rings. The number of benzene rings is 1. The van der Waals surface area contributed by atoms with E-state index in [1.165, 1.54) is 5.56 Å². The number of nitrogens with one attached hydrogen (secondary N) is 2. The van der Waals surface area contributed by atoms with Gasteiger partial charge >= 0.3 is 0 Å². The van der Waals surface area contributed by atoms with Crippen LogP contribution in [-0.4, -0.2) is 31.6 Å². The molecule has 0 saturated carbocycles. The minimum atomic E-state index is -0.0941. The molecule has 2 rings (SSSR count). The third-order valence-corrected chi connectivity index (χ3v) is 3.73. The van der Waals surface area contributed by atoms with Crippen LogP contribution in [0.3, 0.4) is 0 Å². The molecule has 0 radical (unpaired) electrons. The number of amides is 1. The van der Waals surface area contributed by atoms with Gasteiger partial charge in [-0.2, -0.15) is 0 Å². The van der Waals surface area contributed by atoms with Crippen molar-refractivity contribution in [2.45, 2.75) is 38.6 Å². The summed E-state index contributed by atoms with van der Waals surface area (Å²) in [6, 6.07) is 8.08. The molecule has 1 amide bonds. The maximum Gasteiger partial charge on any atom is 0.237 e. The van der Waals surface area contributed by atoms with Crippen molar-refractivity contribution in [3.05, 3.63) is 29.8 Å². The number of rotatable bonds is 5. The fraction of sp³-hybridized carbons (Fsp3) is 0.562. The predicted molar refractivity (Wildman–Crippen MR) is 80.1 cm³/mol. The summed E-state index contributed by atoms with van der Waals surface area (Å²) in [5.74, 6) is 1.44. The van der Waals surface area contributed by atoms with Gasteiger partial charge < -0.3 is 15.4 Å². The Morgan fingerprint density at radius 2 is 2.20 bits per heavy atom. The van der Waals surface area contributed by atoms with Crippen molar-refractivity contribution in [1.29, 1.82) is 0 Å². The number of likely N-dealkylation sites (N-methyl/N-ethyl adjacent to an activating group) is 1. The number of para-hydroxylation sites is 1. The van der Waals surface area contributed by atoms with Gasteiger partial charge in [0.1, 0.15) is 5.75 Å². The Kier molecular flexibility index (Phi) is 5.41. The fourth-order valence-electron chi connectivity index (χ4n) is 2.80. The van der Waals surface area contributed by atoms with Crippen LogP contribution in [0.15, 0.2) is 24.3 Å². The number of carbonyl (C=O) groups is 1. The molecule has 1 aliphatic heterocycles. The van der Waals surface area contributed by atoms with Gasteiger partial charge in [0.2, 0.25) is 5.91 Å². The molecule has 2 atom stereocenters. The van der Waals surface area contributed by atoms with Crippen LogP contribution in [0.4, 0.5) is 0 Å². The Morgan fingerprint density at radius 1 is 1.40 bits per heavy atom. The third kappa shape index (κ3) is 3.51. The van der Waals surface area contributed by atoms with Gasteiger partial charge in [-0.1, -0.05) is 18.2 Å². The van der Waals surface area contributed by atoms with Crippen molar-refractivity contribution in [3.8, 4) is 5.75 Å². The van der Waals surface area contributed by atoms with Gasteiger partial charge in [0, 0.05) is 6.54 Å². The lowest BCUT2D eigenvalue weighted by Crippen LogP contribution is -2.48. The second kappa shape index (κ2) is 7.29. The molecule has 2 N–H and O–H groups in total. The first kappa shape index (κ1) is 14.9. The summed E-state index contributed by atoms with van der Waals surface area (Å²) in [6.07, 6.45) is 1.87. The molecule has 1 aromatic rings. The molecule has 1 aliphatic rings. The molecule has 0 aromatic heterocycles. The Labute approximate surface area is 120 Å². The average Bonchev–Trinajstić information content (AvgIpc) is 2.48. The van der Waals surface area contributed by atoms with E-state index in [2.05, 4.69) is 16.7 Å². The highest BCUT2D eigenvalue weighted by molar-refractivity contribution is 5.81. The maximum absolute atomic E-state index is 12.0. The number of hydrogen-bond donors (Lipinski definition) is 2. The van der Waals surface area contributed by atoms with Crippen LogP contribution in [0.25, 0.3) is 0 Å². The van der Waals surface area contributed by atoms with E-state index in [1.807, 2.05) is 32.0 Å². The molecular formula is C16H24N2O2. The zero-order chi connectivity index (χ0) is 14.4. The van der Waals surface area contributed by atoms with E-state index < -0.39 is 0 Å². The summed E-state index contributed by atoms with van der Waals surface area (Å²) in [6.45, 7) is 6.16. The normalized spacial score (nSPS) is 22.3. The molecule has 1 heterocycles. The van der Waals surface area contributed by atoms with Gasteiger partial charge in [0.15, 0.2) is 0 Å². The highest BCUT2D eigenvalue weighted by atomic mass is 16.5. The lowest BCUT2D eigenvalue weighted by Gasteiger charge is -2.30. The van der Waals surface area contributed by atoms with Gasteiger partial charge in [0.05, 0.1) is 12.6 Å². The second-order valence-electron chi connectivity index (χ2n) is 5.09. The van der Waals surface area contributed by atoms with Gasteiger partial charge in [0.25, 0.3) is 0 Å².